The van der Waals surface area contributed by atoms with Gasteiger partial charge in [-0.1, -0.05) is 60.7 Å². The molecule has 2 rings (SSSR count). The van der Waals surface area contributed by atoms with Crippen molar-refractivity contribution in [3.63, 3.8) is 0 Å². The third kappa shape index (κ3) is 5.11. The molecule has 0 fully saturated rings. The monoisotopic (exact) mass is 311 g/mol. The van der Waals surface area contributed by atoms with Crippen molar-refractivity contribution in [1.29, 1.82) is 0 Å². The summed E-state index contributed by atoms with van der Waals surface area (Å²) in [5, 5.41) is 6.73. The fraction of sp³-hybridized carbons (Fsp3) is 0.316. The number of ether oxygens (including phenoxy) is 1. The molecule has 0 radical (unpaired) electrons. The molecule has 4 nitrogen and oxygen atoms in total. The summed E-state index contributed by atoms with van der Waals surface area (Å²) < 4.78 is 5.58. The van der Waals surface area contributed by atoms with E-state index >= 15 is 0 Å². The molecule has 23 heavy (non-hydrogen) atoms. The van der Waals surface area contributed by atoms with Crippen molar-refractivity contribution in [3.05, 3.63) is 71.8 Å². The van der Waals surface area contributed by atoms with Crippen molar-refractivity contribution in [2.24, 2.45) is 4.99 Å². The molecular formula is C19H25N3O. The maximum Gasteiger partial charge on any atom is 0.191 e. The minimum absolute atomic E-state index is 0.0122. The highest BCUT2D eigenvalue weighted by Crippen LogP contribution is 2.15. The third-order valence-corrected chi connectivity index (χ3v) is 3.79. The summed E-state index contributed by atoms with van der Waals surface area (Å²) in [4.78, 5) is 4.29. The molecule has 0 spiro atoms. The first-order valence-corrected chi connectivity index (χ1v) is 7.84. The molecule has 0 amide bonds. The van der Waals surface area contributed by atoms with Gasteiger partial charge in [0.15, 0.2) is 5.96 Å². The molecule has 0 saturated carbocycles. The molecule has 0 saturated heterocycles. The van der Waals surface area contributed by atoms with Crippen LogP contribution in [0.1, 0.15) is 30.2 Å². The number of hydrogen-bond acceptors (Lipinski definition) is 2. The molecule has 2 atom stereocenters. The van der Waals surface area contributed by atoms with E-state index in [0.29, 0.717) is 6.54 Å². The van der Waals surface area contributed by atoms with Crippen LogP contribution in [-0.2, 0) is 4.74 Å². The summed E-state index contributed by atoms with van der Waals surface area (Å²) in [6, 6.07) is 20.7. The van der Waals surface area contributed by atoms with Crippen LogP contribution < -0.4 is 10.6 Å². The van der Waals surface area contributed by atoms with Crippen LogP contribution in [0.15, 0.2) is 65.7 Å². The van der Waals surface area contributed by atoms with Crippen molar-refractivity contribution in [3.8, 4) is 0 Å². The van der Waals surface area contributed by atoms with Gasteiger partial charge in [0.1, 0.15) is 0 Å². The number of methoxy groups -OCH3 is 1. The van der Waals surface area contributed by atoms with Gasteiger partial charge in [-0.25, -0.2) is 0 Å². The molecule has 2 unspecified atom stereocenters. The second-order valence-corrected chi connectivity index (χ2v) is 5.36. The van der Waals surface area contributed by atoms with Gasteiger partial charge in [0.2, 0.25) is 0 Å². The van der Waals surface area contributed by atoms with Crippen molar-refractivity contribution in [1.82, 2.24) is 10.6 Å². The average Bonchev–Trinajstić information content (AvgIpc) is 2.62. The second kappa shape index (κ2) is 8.96. The van der Waals surface area contributed by atoms with Crippen LogP contribution in [0.4, 0.5) is 0 Å². The minimum atomic E-state index is -0.0122. The Labute approximate surface area is 138 Å². The molecule has 0 aliphatic heterocycles. The number of nitrogens with zero attached hydrogens (tertiary/aromatic N) is 1. The van der Waals surface area contributed by atoms with Gasteiger partial charge in [-0.2, -0.15) is 0 Å². The van der Waals surface area contributed by atoms with E-state index in [0.717, 1.165) is 11.5 Å². The molecule has 0 aliphatic carbocycles. The molecule has 2 aromatic rings. The van der Waals surface area contributed by atoms with Crippen LogP contribution in [0.3, 0.4) is 0 Å². The summed E-state index contributed by atoms with van der Waals surface area (Å²) in [6.45, 7) is 2.77. The van der Waals surface area contributed by atoms with Crippen molar-refractivity contribution in [2.45, 2.75) is 19.1 Å². The Balaban J connectivity index is 1.92. The van der Waals surface area contributed by atoms with Crippen LogP contribution in [0.5, 0.6) is 0 Å². The molecule has 122 valence electrons. The predicted molar refractivity (Wildman–Crippen MR) is 95.5 cm³/mol. The van der Waals surface area contributed by atoms with Gasteiger partial charge in [0.05, 0.1) is 12.1 Å². The first-order valence-electron chi connectivity index (χ1n) is 7.84. The molecule has 0 aromatic heterocycles. The van der Waals surface area contributed by atoms with Gasteiger partial charge in [0.25, 0.3) is 0 Å². The summed E-state index contributed by atoms with van der Waals surface area (Å²) >= 11 is 0. The van der Waals surface area contributed by atoms with E-state index in [4.69, 9.17) is 4.74 Å². The highest BCUT2D eigenvalue weighted by Gasteiger charge is 2.12. The zero-order valence-corrected chi connectivity index (χ0v) is 14.0. The Bertz CT molecular complexity index is 599. The lowest BCUT2D eigenvalue weighted by molar-refractivity contribution is 0.106. The van der Waals surface area contributed by atoms with Gasteiger partial charge in [0, 0.05) is 20.7 Å². The molecule has 0 aliphatic rings. The lowest BCUT2D eigenvalue weighted by atomic mass is 10.1. The van der Waals surface area contributed by atoms with E-state index in [1.807, 2.05) is 36.4 Å². The van der Waals surface area contributed by atoms with Gasteiger partial charge < -0.3 is 15.4 Å². The normalized spacial score (nSPS) is 14.1. The number of benzene rings is 2. The quantitative estimate of drug-likeness (QED) is 0.635. The lowest BCUT2D eigenvalue weighted by Gasteiger charge is -2.21. The summed E-state index contributed by atoms with van der Waals surface area (Å²) in [6.07, 6.45) is -0.0122. The van der Waals surface area contributed by atoms with Crippen LogP contribution in [0.2, 0.25) is 0 Å². The smallest absolute Gasteiger partial charge is 0.191 e. The van der Waals surface area contributed by atoms with Gasteiger partial charge >= 0.3 is 0 Å². The van der Waals surface area contributed by atoms with E-state index in [1.54, 1.807) is 14.2 Å². The third-order valence-electron chi connectivity index (χ3n) is 3.79. The number of rotatable bonds is 6. The lowest BCUT2D eigenvalue weighted by Crippen LogP contribution is -2.40. The number of hydrogen-bond donors (Lipinski definition) is 2. The summed E-state index contributed by atoms with van der Waals surface area (Å²) in [5.74, 6) is 0.763. The van der Waals surface area contributed by atoms with Crippen LogP contribution in [0.25, 0.3) is 0 Å². The largest absolute Gasteiger partial charge is 0.375 e. The Morgan fingerprint density at radius 2 is 1.57 bits per heavy atom. The SMILES string of the molecule is CN=C(NCC(OC)c1ccccc1)NC(C)c1ccccc1. The Morgan fingerprint density at radius 1 is 1.00 bits per heavy atom. The Morgan fingerprint density at radius 3 is 2.09 bits per heavy atom. The maximum atomic E-state index is 5.58. The van der Waals surface area contributed by atoms with Gasteiger partial charge in [-0.15, -0.1) is 0 Å². The molecule has 0 heterocycles. The number of guanidine groups is 1. The average molecular weight is 311 g/mol. The van der Waals surface area contributed by atoms with Gasteiger partial charge in [-0.05, 0) is 18.1 Å². The van der Waals surface area contributed by atoms with E-state index in [9.17, 15) is 0 Å². The van der Waals surface area contributed by atoms with Crippen LogP contribution in [-0.4, -0.2) is 26.7 Å². The van der Waals surface area contributed by atoms with Crippen LogP contribution in [0, 0.1) is 0 Å². The topological polar surface area (TPSA) is 45.7 Å². The maximum absolute atomic E-state index is 5.58. The molecule has 2 N–H and O–H groups in total. The Hall–Kier alpha value is -2.33. The zero-order chi connectivity index (χ0) is 16.5. The van der Waals surface area contributed by atoms with Crippen LogP contribution >= 0.6 is 0 Å². The minimum Gasteiger partial charge on any atom is -0.375 e. The highest BCUT2D eigenvalue weighted by atomic mass is 16.5. The predicted octanol–water partition coefficient (Wildman–Crippen LogP) is 3.30. The van der Waals surface area contributed by atoms with E-state index in [2.05, 4.69) is 46.8 Å². The second-order valence-electron chi connectivity index (χ2n) is 5.36. The summed E-state index contributed by atoms with van der Waals surface area (Å²) in [5.41, 5.74) is 2.37. The first-order chi connectivity index (χ1) is 11.2. The molecule has 4 heteroatoms. The van der Waals surface area contributed by atoms with Gasteiger partial charge in [-0.3, -0.25) is 4.99 Å². The van der Waals surface area contributed by atoms with E-state index < -0.39 is 0 Å². The first kappa shape index (κ1) is 17.0. The number of aliphatic imine (C=N–C) groups is 1. The van der Waals surface area contributed by atoms with Crippen molar-refractivity contribution in [2.75, 3.05) is 20.7 Å². The Kier molecular flexibility index (Phi) is 6.63. The fourth-order valence-corrected chi connectivity index (χ4v) is 2.42. The molecular weight excluding hydrogens is 286 g/mol. The van der Waals surface area contributed by atoms with Crippen molar-refractivity contribution >= 4 is 5.96 Å². The number of nitrogens with one attached hydrogen (secondary N) is 2. The summed E-state index contributed by atoms with van der Waals surface area (Å²) in [7, 11) is 3.50. The van der Waals surface area contributed by atoms with E-state index in [-0.39, 0.29) is 12.1 Å². The zero-order valence-electron chi connectivity index (χ0n) is 14.0. The molecule has 0 bridgehead atoms. The fourth-order valence-electron chi connectivity index (χ4n) is 2.42. The molecule has 2 aromatic carbocycles. The standard InChI is InChI=1S/C19H25N3O/c1-15(16-10-6-4-7-11-16)22-19(20-2)21-14-18(23-3)17-12-8-5-9-13-17/h4-13,15,18H,14H2,1-3H3,(H2,20,21,22). The van der Waals surface area contributed by atoms with Crippen molar-refractivity contribution < 1.29 is 4.74 Å². The van der Waals surface area contributed by atoms with E-state index in [1.165, 1.54) is 5.56 Å². The highest BCUT2D eigenvalue weighted by molar-refractivity contribution is 5.80.